The molecule has 0 amide bonds. The number of hydrogen-bond donors (Lipinski definition) is 4. The molecule has 0 saturated carbocycles. The number of aliphatic hydroxyl groups is 3. The minimum atomic E-state index is -1.40. The molecule has 0 spiro atoms. The summed E-state index contributed by atoms with van der Waals surface area (Å²) in [6.07, 6.45) is -4.93. The second-order valence-corrected chi connectivity index (χ2v) is 4.27. The average molecular weight is 278 g/mol. The van der Waals surface area contributed by atoms with Crippen LogP contribution in [0.25, 0.3) is 0 Å². The molecular formula is C9H12ClN3O5. The lowest BCUT2D eigenvalue weighted by Gasteiger charge is -2.18. The lowest BCUT2D eigenvalue weighted by molar-refractivity contribution is -0.0547. The number of aromatic nitrogens is 2. The van der Waals surface area contributed by atoms with E-state index in [0.29, 0.717) is 0 Å². The summed E-state index contributed by atoms with van der Waals surface area (Å²) < 4.78 is 6.03. The van der Waals surface area contributed by atoms with Crippen LogP contribution in [0, 0.1) is 0 Å². The molecule has 2 unspecified atom stereocenters. The van der Waals surface area contributed by atoms with Gasteiger partial charge in [0.25, 0.3) is 0 Å². The van der Waals surface area contributed by atoms with E-state index >= 15 is 0 Å². The fourth-order valence-corrected chi connectivity index (χ4v) is 2.08. The van der Waals surface area contributed by atoms with Gasteiger partial charge < -0.3 is 25.8 Å². The Bertz CT molecular complexity index is 507. The summed E-state index contributed by atoms with van der Waals surface area (Å²) in [6.45, 7) is -0.497. The number of rotatable bonds is 2. The van der Waals surface area contributed by atoms with Crippen molar-refractivity contribution in [3.8, 4) is 0 Å². The van der Waals surface area contributed by atoms with Gasteiger partial charge in [-0.2, -0.15) is 4.98 Å². The molecule has 1 aliphatic heterocycles. The summed E-state index contributed by atoms with van der Waals surface area (Å²) in [5.41, 5.74) is 4.53. The minimum absolute atomic E-state index is 0.0620. The molecule has 1 aromatic rings. The number of aliphatic hydroxyl groups excluding tert-OH is 3. The quantitative estimate of drug-likeness (QED) is 0.464. The van der Waals surface area contributed by atoms with Crippen LogP contribution in [0.2, 0.25) is 5.15 Å². The van der Waals surface area contributed by atoms with Crippen LogP contribution in [0.5, 0.6) is 0 Å². The van der Waals surface area contributed by atoms with E-state index in [-0.39, 0.29) is 11.0 Å². The van der Waals surface area contributed by atoms with Crippen LogP contribution < -0.4 is 11.4 Å². The summed E-state index contributed by atoms with van der Waals surface area (Å²) in [4.78, 5) is 15.1. The van der Waals surface area contributed by atoms with Crippen LogP contribution in [0.4, 0.5) is 5.82 Å². The van der Waals surface area contributed by atoms with Crippen LogP contribution in [-0.2, 0) is 4.74 Å². The van der Waals surface area contributed by atoms with Crippen molar-refractivity contribution >= 4 is 17.4 Å². The number of nitrogen functional groups attached to an aromatic ring is 1. The van der Waals surface area contributed by atoms with Gasteiger partial charge in [-0.15, -0.1) is 0 Å². The number of nitrogens with two attached hydrogens (primary N) is 1. The van der Waals surface area contributed by atoms with Gasteiger partial charge in [0.15, 0.2) is 6.23 Å². The summed E-state index contributed by atoms with van der Waals surface area (Å²) in [5, 5.41) is 28.2. The van der Waals surface area contributed by atoms with Crippen molar-refractivity contribution in [1.82, 2.24) is 9.55 Å². The van der Waals surface area contributed by atoms with Crippen LogP contribution in [0.15, 0.2) is 10.9 Å². The number of halogens is 1. The zero-order valence-corrected chi connectivity index (χ0v) is 9.86. The molecule has 18 heavy (non-hydrogen) atoms. The van der Waals surface area contributed by atoms with E-state index in [9.17, 15) is 15.0 Å². The van der Waals surface area contributed by atoms with Gasteiger partial charge in [-0.3, -0.25) is 4.57 Å². The molecule has 9 heteroatoms. The molecule has 0 bridgehead atoms. The first-order chi connectivity index (χ1) is 8.45. The number of ether oxygens (including phenoxy) is 1. The fraction of sp³-hybridized carbons (Fsp3) is 0.556. The highest BCUT2D eigenvalue weighted by molar-refractivity contribution is 6.29. The highest BCUT2D eigenvalue weighted by Gasteiger charge is 2.44. The van der Waals surface area contributed by atoms with Crippen molar-refractivity contribution in [2.45, 2.75) is 24.5 Å². The standard InChI is InChI=1S/C9H12ClN3O5/c10-4-1-5(11)12-9(17)13(4)8-7(16)6(15)3(2-14)18-8/h1,3,6-8,14-16H,2H2,(H2,11,12,17)/t3-,6?,7?,8-/m1/s1. The first-order valence-corrected chi connectivity index (χ1v) is 5.50. The van der Waals surface area contributed by atoms with Gasteiger partial charge in [0.05, 0.1) is 6.61 Å². The summed E-state index contributed by atoms with van der Waals surface area (Å²) in [7, 11) is 0. The van der Waals surface area contributed by atoms with E-state index < -0.39 is 36.8 Å². The van der Waals surface area contributed by atoms with Crippen LogP contribution in [-0.4, -0.2) is 49.8 Å². The summed E-state index contributed by atoms with van der Waals surface area (Å²) in [5.74, 6) is -0.0620. The number of nitrogens with zero attached hydrogens (tertiary/aromatic N) is 2. The van der Waals surface area contributed by atoms with Crippen molar-refractivity contribution in [2.24, 2.45) is 0 Å². The molecule has 0 aliphatic carbocycles. The van der Waals surface area contributed by atoms with Crippen LogP contribution in [0.1, 0.15) is 6.23 Å². The van der Waals surface area contributed by atoms with Crippen LogP contribution >= 0.6 is 11.6 Å². The van der Waals surface area contributed by atoms with Crippen molar-refractivity contribution in [2.75, 3.05) is 12.3 Å². The number of anilines is 1. The highest BCUT2D eigenvalue weighted by atomic mass is 35.5. The molecule has 4 atom stereocenters. The lowest BCUT2D eigenvalue weighted by atomic mass is 10.1. The average Bonchev–Trinajstić information content (AvgIpc) is 2.56. The van der Waals surface area contributed by atoms with E-state index in [1.807, 2.05) is 0 Å². The molecule has 100 valence electrons. The third-order valence-corrected chi connectivity index (χ3v) is 2.99. The Morgan fingerprint density at radius 2 is 2.17 bits per heavy atom. The van der Waals surface area contributed by atoms with Gasteiger partial charge in [-0.1, -0.05) is 11.6 Å². The highest BCUT2D eigenvalue weighted by Crippen LogP contribution is 2.30. The Kier molecular flexibility index (Phi) is 3.55. The normalized spacial score (nSPS) is 31.8. The first kappa shape index (κ1) is 13.2. The molecular weight excluding hydrogens is 266 g/mol. The molecule has 1 aliphatic rings. The zero-order valence-electron chi connectivity index (χ0n) is 9.10. The molecule has 5 N–H and O–H groups in total. The van der Waals surface area contributed by atoms with E-state index in [2.05, 4.69) is 4.98 Å². The van der Waals surface area contributed by atoms with Crippen molar-refractivity contribution < 1.29 is 20.1 Å². The predicted octanol–water partition coefficient (Wildman–Crippen LogP) is -1.91. The SMILES string of the molecule is Nc1cc(Cl)n([C@@H]2O[C@H](CO)C(O)C2O)c(=O)n1. The predicted molar refractivity (Wildman–Crippen MR) is 60.9 cm³/mol. The maximum absolute atomic E-state index is 11.6. The minimum Gasteiger partial charge on any atom is -0.394 e. The van der Waals surface area contributed by atoms with Crippen molar-refractivity contribution in [1.29, 1.82) is 0 Å². The Balaban J connectivity index is 2.42. The molecule has 1 fully saturated rings. The second kappa shape index (κ2) is 4.82. The summed E-state index contributed by atoms with van der Waals surface area (Å²) in [6, 6.07) is 1.22. The zero-order chi connectivity index (χ0) is 13.4. The Hall–Kier alpha value is -1.19. The number of hydrogen-bond acceptors (Lipinski definition) is 7. The van der Waals surface area contributed by atoms with Gasteiger partial charge in [0, 0.05) is 6.07 Å². The van der Waals surface area contributed by atoms with Gasteiger partial charge in [-0.05, 0) is 0 Å². The van der Waals surface area contributed by atoms with Gasteiger partial charge in [0.1, 0.15) is 29.3 Å². The molecule has 2 heterocycles. The van der Waals surface area contributed by atoms with Gasteiger partial charge in [0.2, 0.25) is 0 Å². The van der Waals surface area contributed by atoms with Crippen LogP contribution in [0.3, 0.4) is 0 Å². The third-order valence-electron chi connectivity index (χ3n) is 2.70. The molecule has 1 saturated heterocycles. The smallest absolute Gasteiger partial charge is 0.352 e. The van der Waals surface area contributed by atoms with E-state index in [1.54, 1.807) is 0 Å². The van der Waals surface area contributed by atoms with Crippen molar-refractivity contribution in [3.05, 3.63) is 21.7 Å². The molecule has 0 aromatic carbocycles. The van der Waals surface area contributed by atoms with E-state index in [1.165, 1.54) is 6.07 Å². The molecule has 0 radical (unpaired) electrons. The topological polar surface area (TPSA) is 131 Å². The van der Waals surface area contributed by atoms with Gasteiger partial charge >= 0.3 is 5.69 Å². The largest absolute Gasteiger partial charge is 0.394 e. The maximum atomic E-state index is 11.6. The molecule has 2 rings (SSSR count). The van der Waals surface area contributed by atoms with E-state index in [0.717, 1.165) is 4.57 Å². The third kappa shape index (κ3) is 2.08. The van der Waals surface area contributed by atoms with Gasteiger partial charge in [-0.25, -0.2) is 4.79 Å². The van der Waals surface area contributed by atoms with Crippen molar-refractivity contribution in [3.63, 3.8) is 0 Å². The fourth-order valence-electron chi connectivity index (χ4n) is 1.80. The monoisotopic (exact) mass is 277 g/mol. The Labute approximate surface area is 106 Å². The first-order valence-electron chi connectivity index (χ1n) is 5.12. The Morgan fingerprint density at radius 1 is 1.50 bits per heavy atom. The lowest BCUT2D eigenvalue weighted by Crippen LogP contribution is -2.36. The maximum Gasteiger partial charge on any atom is 0.352 e. The molecule has 8 nitrogen and oxygen atoms in total. The second-order valence-electron chi connectivity index (χ2n) is 3.89. The van der Waals surface area contributed by atoms with E-state index in [4.69, 9.17) is 27.2 Å². The molecule has 1 aromatic heterocycles. The Morgan fingerprint density at radius 3 is 2.67 bits per heavy atom. The summed E-state index contributed by atoms with van der Waals surface area (Å²) >= 11 is 5.83.